The van der Waals surface area contributed by atoms with Crippen LogP contribution in [0, 0.1) is 0 Å². The van der Waals surface area contributed by atoms with Crippen molar-refractivity contribution in [1.82, 2.24) is 19.6 Å². The Morgan fingerprint density at radius 2 is 0.780 bits per heavy atom. The van der Waals surface area contributed by atoms with E-state index in [1.807, 2.05) is 24.3 Å². The Balaban J connectivity index is -0.00000241. The van der Waals surface area contributed by atoms with Crippen molar-refractivity contribution in [3.05, 3.63) is 69.7 Å². The first kappa shape index (κ1) is 45.4. The summed E-state index contributed by atoms with van der Waals surface area (Å²) in [4.78, 5) is 10.6. The summed E-state index contributed by atoms with van der Waals surface area (Å²) in [5.74, 6) is 0. The van der Waals surface area contributed by atoms with Crippen LogP contribution < -0.4 is 0 Å². The summed E-state index contributed by atoms with van der Waals surface area (Å²) in [5.41, 5.74) is 2.69. The van der Waals surface area contributed by atoms with E-state index in [1.165, 1.54) is 30.6 Å². The molecule has 0 saturated carbocycles. The van der Waals surface area contributed by atoms with Crippen molar-refractivity contribution in [1.29, 1.82) is 0 Å². The number of hydrogen-bond donors (Lipinski definition) is 0. The first-order valence-corrected chi connectivity index (χ1v) is 14.0. The fourth-order valence-electron chi connectivity index (χ4n) is 5.73. The summed E-state index contributed by atoms with van der Waals surface area (Å²) in [6, 6.07) is 18.9. The second kappa shape index (κ2) is 21.6. The second-order valence-corrected chi connectivity index (χ2v) is 11.7. The largest absolute Gasteiger partial charge is 0.412 e. The molecule has 0 aromatic heterocycles. The topological polar surface area (TPSA) is 76.0 Å². The molecule has 4 unspecified atom stereocenters. The summed E-state index contributed by atoms with van der Waals surface area (Å²) in [6.45, 7) is 18.5. The lowest BCUT2D eigenvalue weighted by atomic mass is 10.0. The molecule has 41 heavy (non-hydrogen) atoms. The molecule has 4 atom stereocenters. The van der Waals surface area contributed by atoms with E-state index in [-0.39, 0.29) is 60.6 Å². The minimum Gasteiger partial charge on any atom is -0.412 e. The minimum atomic E-state index is 0. The average Bonchev–Trinajstić information content (AvgIpc) is 2.82. The fraction of sp³-hybridized carbons (Fsp3) is 0.586. The Bertz CT molecular complexity index is 868. The quantitative estimate of drug-likeness (QED) is 0.344. The number of rotatable bonds is 8. The van der Waals surface area contributed by atoms with Crippen LogP contribution in [0.1, 0.15) is 45.2 Å². The van der Waals surface area contributed by atoms with Gasteiger partial charge in [-0.15, -0.1) is 49.6 Å². The molecule has 12 heteroatoms. The number of halogens is 6. The molecular weight excluding hydrogens is 649 g/mol. The van der Waals surface area contributed by atoms with Crippen LogP contribution in [-0.4, -0.2) is 94.0 Å². The standard InChI is InChI=1S/C29H42Cl2N4.4ClH.2H2O/c1-22-18-34(20-26-6-10-28(30)11-7-26)24(3)16-32(22)14-5-15-33-17-25(4)35(19-23(33)2)21-27-8-12-29(31)13-9-27;;;;;;/h6-13,22-25H,5,14-21H2,1-4H3;4*1H;2*1H2. The molecular formula is C29H50Cl6N4O2. The predicted octanol–water partition coefficient (Wildman–Crippen LogP) is 5.91. The lowest BCUT2D eigenvalue weighted by Gasteiger charge is -2.46. The van der Waals surface area contributed by atoms with Gasteiger partial charge in [0.15, 0.2) is 0 Å². The van der Waals surface area contributed by atoms with E-state index >= 15 is 0 Å². The monoisotopic (exact) mass is 696 g/mol. The normalized spacial score (nSPS) is 23.4. The smallest absolute Gasteiger partial charge is 0.0406 e. The van der Waals surface area contributed by atoms with Crippen molar-refractivity contribution < 1.29 is 11.0 Å². The lowest BCUT2D eigenvalue weighted by Crippen LogP contribution is -2.57. The van der Waals surface area contributed by atoms with Gasteiger partial charge in [0, 0.05) is 73.5 Å². The van der Waals surface area contributed by atoms with Gasteiger partial charge in [-0.2, -0.15) is 0 Å². The fourth-order valence-corrected chi connectivity index (χ4v) is 5.98. The van der Waals surface area contributed by atoms with Gasteiger partial charge >= 0.3 is 0 Å². The summed E-state index contributed by atoms with van der Waals surface area (Å²) < 4.78 is 0. The molecule has 0 radical (unpaired) electrons. The van der Waals surface area contributed by atoms with Gasteiger partial charge in [0.2, 0.25) is 0 Å². The van der Waals surface area contributed by atoms with Crippen molar-refractivity contribution in [2.24, 2.45) is 0 Å². The third-order valence-electron chi connectivity index (χ3n) is 7.98. The highest BCUT2D eigenvalue weighted by molar-refractivity contribution is 6.30. The van der Waals surface area contributed by atoms with E-state index in [4.69, 9.17) is 23.2 Å². The van der Waals surface area contributed by atoms with Gasteiger partial charge < -0.3 is 11.0 Å². The summed E-state index contributed by atoms with van der Waals surface area (Å²) in [7, 11) is 0. The van der Waals surface area contributed by atoms with Crippen LogP contribution in [-0.2, 0) is 13.1 Å². The maximum Gasteiger partial charge on any atom is 0.0406 e. The molecule has 0 bridgehead atoms. The molecule has 2 aliphatic rings. The van der Waals surface area contributed by atoms with Gasteiger partial charge in [-0.25, -0.2) is 0 Å². The maximum atomic E-state index is 6.06. The highest BCUT2D eigenvalue weighted by Crippen LogP contribution is 2.22. The van der Waals surface area contributed by atoms with Crippen LogP contribution in [0.4, 0.5) is 0 Å². The highest BCUT2D eigenvalue weighted by Gasteiger charge is 2.31. The Morgan fingerprint density at radius 1 is 0.512 bits per heavy atom. The van der Waals surface area contributed by atoms with Gasteiger partial charge in [-0.3, -0.25) is 19.6 Å². The van der Waals surface area contributed by atoms with E-state index in [0.717, 1.165) is 49.3 Å². The zero-order chi connectivity index (χ0) is 24.9. The first-order chi connectivity index (χ1) is 16.8. The van der Waals surface area contributed by atoms with E-state index in [2.05, 4.69) is 71.6 Å². The summed E-state index contributed by atoms with van der Waals surface area (Å²) in [6.07, 6.45) is 1.24. The Labute approximate surface area is 282 Å². The van der Waals surface area contributed by atoms with Crippen LogP contribution >= 0.6 is 72.8 Å². The number of nitrogens with zero attached hydrogens (tertiary/aromatic N) is 4. The van der Waals surface area contributed by atoms with Crippen molar-refractivity contribution in [3.8, 4) is 0 Å². The summed E-state index contributed by atoms with van der Waals surface area (Å²) >= 11 is 12.1. The summed E-state index contributed by atoms with van der Waals surface area (Å²) in [5, 5.41) is 1.62. The van der Waals surface area contributed by atoms with E-state index < -0.39 is 0 Å². The van der Waals surface area contributed by atoms with Crippen LogP contribution in [0.2, 0.25) is 10.0 Å². The number of piperazine rings is 2. The van der Waals surface area contributed by atoms with Crippen molar-refractivity contribution in [2.75, 3.05) is 39.3 Å². The first-order valence-electron chi connectivity index (χ1n) is 13.2. The molecule has 2 saturated heterocycles. The van der Waals surface area contributed by atoms with Gasteiger partial charge in [0.05, 0.1) is 0 Å². The molecule has 2 fully saturated rings. The van der Waals surface area contributed by atoms with Crippen molar-refractivity contribution >= 4 is 72.8 Å². The van der Waals surface area contributed by atoms with Gasteiger partial charge in [-0.1, -0.05) is 47.5 Å². The molecule has 0 aliphatic carbocycles. The number of benzene rings is 2. The van der Waals surface area contributed by atoms with Crippen LogP contribution in [0.25, 0.3) is 0 Å². The lowest BCUT2D eigenvalue weighted by molar-refractivity contribution is 0.0208. The molecule has 2 aliphatic heterocycles. The van der Waals surface area contributed by atoms with Crippen LogP contribution in [0.5, 0.6) is 0 Å². The van der Waals surface area contributed by atoms with Gasteiger partial charge in [0.1, 0.15) is 0 Å². The molecule has 6 nitrogen and oxygen atoms in total. The van der Waals surface area contributed by atoms with E-state index in [9.17, 15) is 0 Å². The molecule has 4 rings (SSSR count). The molecule has 2 aromatic carbocycles. The molecule has 0 amide bonds. The zero-order valence-corrected chi connectivity index (χ0v) is 29.2. The molecule has 2 aromatic rings. The third-order valence-corrected chi connectivity index (χ3v) is 8.48. The molecule has 4 N–H and O–H groups in total. The highest BCUT2D eigenvalue weighted by atomic mass is 35.5. The SMILES string of the molecule is CC1CN(Cc2ccc(Cl)cc2)C(C)CN1CCCN1CC(C)N(Cc2ccc(Cl)cc2)CC1C.Cl.Cl.Cl.Cl.O.O. The predicted molar refractivity (Wildman–Crippen MR) is 186 cm³/mol. The maximum absolute atomic E-state index is 6.06. The minimum absolute atomic E-state index is 0. The third kappa shape index (κ3) is 13.2. The Kier molecular flexibility index (Phi) is 23.9. The Morgan fingerprint density at radius 3 is 1.10 bits per heavy atom. The molecule has 2 heterocycles. The van der Waals surface area contributed by atoms with Gasteiger partial charge in [-0.05, 0) is 82.6 Å². The zero-order valence-electron chi connectivity index (χ0n) is 24.5. The van der Waals surface area contributed by atoms with Crippen molar-refractivity contribution in [2.45, 2.75) is 71.4 Å². The van der Waals surface area contributed by atoms with Crippen LogP contribution in [0.15, 0.2) is 48.5 Å². The van der Waals surface area contributed by atoms with E-state index in [0.29, 0.717) is 24.2 Å². The van der Waals surface area contributed by atoms with Crippen molar-refractivity contribution in [3.63, 3.8) is 0 Å². The molecule has 240 valence electrons. The van der Waals surface area contributed by atoms with Gasteiger partial charge in [0.25, 0.3) is 0 Å². The van der Waals surface area contributed by atoms with Crippen LogP contribution in [0.3, 0.4) is 0 Å². The molecule has 0 spiro atoms. The number of hydrogen-bond acceptors (Lipinski definition) is 4. The average molecular weight is 699 g/mol. The Hall–Kier alpha value is -0.0600. The van der Waals surface area contributed by atoms with E-state index in [1.54, 1.807) is 0 Å². The second-order valence-electron chi connectivity index (χ2n) is 10.9.